The molecule has 27 heavy (non-hydrogen) atoms. The highest BCUT2D eigenvalue weighted by Gasteiger charge is 2.01. The molecule has 1 aromatic carbocycles. The van der Waals surface area contributed by atoms with Crippen molar-refractivity contribution in [3.05, 3.63) is 48.0 Å². The highest BCUT2D eigenvalue weighted by Crippen LogP contribution is 2.09. The van der Waals surface area contributed by atoms with E-state index >= 15 is 0 Å². The van der Waals surface area contributed by atoms with E-state index in [1.54, 1.807) is 6.20 Å². The summed E-state index contributed by atoms with van der Waals surface area (Å²) in [6.07, 6.45) is 3.67. The first-order valence-corrected chi connectivity index (χ1v) is 10.1. The fraction of sp³-hybridized carbons (Fsp3) is 0.278. The van der Waals surface area contributed by atoms with Gasteiger partial charge in [-0.1, -0.05) is 39.9 Å². The van der Waals surface area contributed by atoms with Crippen molar-refractivity contribution in [2.75, 3.05) is 0 Å². The van der Waals surface area contributed by atoms with Crippen molar-refractivity contribution in [3.8, 4) is 0 Å². The molecule has 3 unspecified atom stereocenters. The number of hydrogen-bond acceptors (Lipinski definition) is 3. The van der Waals surface area contributed by atoms with Crippen LogP contribution in [0.2, 0.25) is 0 Å². The monoisotopic (exact) mass is 420 g/mol. The normalized spacial score (nSPS) is 10.2. The Morgan fingerprint density at radius 3 is 1.81 bits per heavy atom. The zero-order valence-electron chi connectivity index (χ0n) is 16.4. The number of hydrogen-bond donors (Lipinski definition) is 0. The Morgan fingerprint density at radius 1 is 0.815 bits per heavy atom. The van der Waals surface area contributed by atoms with Gasteiger partial charge in [0.1, 0.15) is 16.7 Å². The van der Waals surface area contributed by atoms with Gasteiger partial charge in [-0.3, -0.25) is 0 Å². The van der Waals surface area contributed by atoms with Gasteiger partial charge in [0.25, 0.3) is 0 Å². The van der Waals surface area contributed by atoms with Crippen molar-refractivity contribution >= 4 is 55.4 Å². The number of aryl methyl sites for hydroxylation is 3. The maximum absolute atomic E-state index is 4.34. The van der Waals surface area contributed by atoms with Crippen LogP contribution in [0.25, 0.3) is 11.0 Å². The number of rotatable bonds is 0. The van der Waals surface area contributed by atoms with Crippen LogP contribution in [0.15, 0.2) is 36.7 Å². The summed E-state index contributed by atoms with van der Waals surface area (Å²) in [4.78, 5) is 12.5. The van der Waals surface area contributed by atoms with Crippen molar-refractivity contribution in [3.63, 3.8) is 0 Å². The lowest BCUT2D eigenvalue weighted by atomic mass is 10.3. The molecule has 0 amide bonds. The van der Waals surface area contributed by atoms with Gasteiger partial charge in [0.15, 0.2) is 0 Å². The minimum Gasteiger partial charge on any atom is -0.335 e. The summed E-state index contributed by atoms with van der Waals surface area (Å²) in [5.41, 5.74) is 7.54. The largest absolute Gasteiger partial charge is 0.335 e. The third-order valence-electron chi connectivity index (χ3n) is 4.33. The number of nitrogens with zero attached hydrogens (tertiary/aromatic N) is 6. The number of imidazole rings is 3. The van der Waals surface area contributed by atoms with Gasteiger partial charge in [-0.15, -0.1) is 0 Å². The summed E-state index contributed by atoms with van der Waals surface area (Å²) >= 11 is 0. The van der Waals surface area contributed by atoms with Gasteiger partial charge in [-0.05, 0) is 26.0 Å². The molecule has 3 heterocycles. The summed E-state index contributed by atoms with van der Waals surface area (Å²) in [5, 5.41) is 0. The van der Waals surface area contributed by atoms with E-state index < -0.39 is 0 Å². The standard InChI is InChI=1S/C8H9N2P.C6H11N2P.C4H7N2P/c1-10-7-5-3-2-4-6(7)9-8(10)11;1-4-5(2)8(3)6(9)7-4;1-6-3-2-5-4(6)7/h2-5H,11H2,1H3;9H2,1-3H3;2-3H,7H2,1H3. The molecule has 4 rings (SSSR count). The number of benzene rings is 1. The van der Waals surface area contributed by atoms with Crippen molar-refractivity contribution in [2.45, 2.75) is 13.8 Å². The molecule has 144 valence electrons. The van der Waals surface area contributed by atoms with Gasteiger partial charge >= 0.3 is 0 Å². The predicted octanol–water partition coefficient (Wildman–Crippen LogP) is 1.53. The molecular formula is C18H27N6P3. The maximum Gasteiger partial charge on any atom is 0.126 e. The predicted molar refractivity (Wildman–Crippen MR) is 125 cm³/mol. The zero-order valence-corrected chi connectivity index (χ0v) is 19.8. The molecule has 6 nitrogen and oxygen atoms in total. The summed E-state index contributed by atoms with van der Waals surface area (Å²) in [6.45, 7) is 4.08. The molecule has 0 aliphatic heterocycles. The van der Waals surface area contributed by atoms with Crippen LogP contribution in [0.5, 0.6) is 0 Å². The lowest BCUT2D eigenvalue weighted by molar-refractivity contribution is 0.903. The van der Waals surface area contributed by atoms with Crippen LogP contribution >= 0.6 is 27.7 Å². The van der Waals surface area contributed by atoms with Gasteiger partial charge in [0.05, 0.1) is 16.7 Å². The van der Waals surface area contributed by atoms with Crippen LogP contribution in [-0.2, 0) is 21.1 Å². The van der Waals surface area contributed by atoms with Crippen molar-refractivity contribution in [2.24, 2.45) is 21.1 Å². The molecule has 0 radical (unpaired) electrons. The lowest BCUT2D eigenvalue weighted by Crippen LogP contribution is -2.06. The number of aromatic nitrogens is 6. The molecule has 3 atom stereocenters. The Kier molecular flexibility index (Phi) is 7.68. The van der Waals surface area contributed by atoms with Crippen LogP contribution in [0, 0.1) is 13.8 Å². The summed E-state index contributed by atoms with van der Waals surface area (Å²) in [7, 11) is 13.7. The summed E-state index contributed by atoms with van der Waals surface area (Å²) < 4.78 is 6.05. The molecule has 4 aromatic rings. The lowest BCUT2D eigenvalue weighted by Gasteiger charge is -1.94. The Bertz CT molecular complexity index is 992. The highest BCUT2D eigenvalue weighted by molar-refractivity contribution is 7.27. The minimum absolute atomic E-state index is 0.972. The quantitative estimate of drug-likeness (QED) is 0.406. The van der Waals surface area contributed by atoms with Crippen molar-refractivity contribution in [1.82, 2.24) is 28.7 Å². The molecule has 9 heteroatoms. The van der Waals surface area contributed by atoms with Gasteiger partial charge in [0.2, 0.25) is 0 Å². The fourth-order valence-corrected chi connectivity index (χ4v) is 3.12. The smallest absolute Gasteiger partial charge is 0.126 e. The van der Waals surface area contributed by atoms with Crippen LogP contribution < -0.4 is 16.7 Å². The van der Waals surface area contributed by atoms with Gasteiger partial charge in [0, 0.05) is 39.2 Å². The molecule has 0 aliphatic rings. The summed E-state index contributed by atoms with van der Waals surface area (Å²) in [5.74, 6) is 0. The van der Waals surface area contributed by atoms with Crippen LogP contribution in [0.4, 0.5) is 0 Å². The maximum atomic E-state index is 4.34. The van der Waals surface area contributed by atoms with Gasteiger partial charge in [-0.2, -0.15) is 0 Å². The number of para-hydroxylation sites is 2. The third kappa shape index (κ3) is 5.45. The van der Waals surface area contributed by atoms with E-state index in [0.29, 0.717) is 0 Å². The SMILES string of the molecule is Cc1nc(P)n(C)c1C.Cn1c(P)nc2ccccc21.Cn1ccnc1P. The zero-order chi connectivity index (χ0) is 20.1. The molecule has 0 saturated carbocycles. The van der Waals surface area contributed by atoms with E-state index in [1.165, 1.54) is 11.2 Å². The summed E-state index contributed by atoms with van der Waals surface area (Å²) in [6, 6.07) is 8.10. The second kappa shape index (κ2) is 9.55. The van der Waals surface area contributed by atoms with Crippen LogP contribution in [-0.4, -0.2) is 28.7 Å². The first-order chi connectivity index (χ1) is 12.7. The molecule has 0 spiro atoms. The molecule has 0 fully saturated rings. The van der Waals surface area contributed by atoms with Crippen LogP contribution in [0.1, 0.15) is 11.4 Å². The average Bonchev–Trinajstić information content (AvgIpc) is 3.23. The van der Waals surface area contributed by atoms with E-state index in [4.69, 9.17) is 0 Å². The molecule has 3 aromatic heterocycles. The fourth-order valence-electron chi connectivity index (χ4n) is 2.28. The van der Waals surface area contributed by atoms with E-state index in [1.807, 2.05) is 57.0 Å². The van der Waals surface area contributed by atoms with Gasteiger partial charge in [-0.25, -0.2) is 15.0 Å². The molecule has 0 saturated heterocycles. The Labute approximate surface area is 167 Å². The van der Waals surface area contributed by atoms with E-state index in [9.17, 15) is 0 Å². The third-order valence-corrected chi connectivity index (χ3v) is 5.92. The van der Waals surface area contributed by atoms with Crippen molar-refractivity contribution in [1.29, 1.82) is 0 Å². The second-order valence-electron chi connectivity index (χ2n) is 6.11. The van der Waals surface area contributed by atoms with E-state index in [2.05, 4.69) is 64.8 Å². The molecule has 0 N–H and O–H groups in total. The number of fused-ring (bicyclic) bond motifs is 1. The topological polar surface area (TPSA) is 53.5 Å². The molecule has 0 aliphatic carbocycles. The Balaban J connectivity index is 0.000000149. The first-order valence-electron chi connectivity index (χ1n) is 8.37. The average molecular weight is 420 g/mol. The minimum atomic E-state index is 0.972. The van der Waals surface area contributed by atoms with Gasteiger partial charge < -0.3 is 13.7 Å². The van der Waals surface area contributed by atoms with E-state index in [-0.39, 0.29) is 0 Å². The molecule has 0 bridgehead atoms. The second-order valence-corrected chi connectivity index (χ2v) is 7.66. The van der Waals surface area contributed by atoms with E-state index in [0.717, 1.165) is 27.9 Å². The highest BCUT2D eigenvalue weighted by atomic mass is 31.0. The van der Waals surface area contributed by atoms with Crippen molar-refractivity contribution < 1.29 is 0 Å². The first kappa shape index (κ1) is 21.7. The molecular weight excluding hydrogens is 393 g/mol. The Morgan fingerprint density at radius 2 is 1.44 bits per heavy atom. The Hall–Kier alpha value is -1.60. The van der Waals surface area contributed by atoms with Crippen LogP contribution in [0.3, 0.4) is 0 Å².